The highest BCUT2D eigenvalue weighted by Crippen LogP contribution is 2.40. The Labute approximate surface area is 102 Å². The Morgan fingerprint density at radius 3 is 2.75 bits per heavy atom. The van der Waals surface area contributed by atoms with Crippen molar-refractivity contribution in [2.75, 3.05) is 12.8 Å². The van der Waals surface area contributed by atoms with Crippen LogP contribution >= 0.6 is 15.9 Å². The van der Waals surface area contributed by atoms with Crippen molar-refractivity contribution in [3.05, 3.63) is 28.4 Å². The van der Waals surface area contributed by atoms with Crippen molar-refractivity contribution in [3.63, 3.8) is 0 Å². The number of ether oxygens (including phenoxy) is 1. The first kappa shape index (κ1) is 11.0. The number of nitrogens with zero attached hydrogens (tertiary/aromatic N) is 1. The van der Waals surface area contributed by atoms with E-state index in [1.807, 2.05) is 19.1 Å². The molecule has 0 saturated carbocycles. The van der Waals surface area contributed by atoms with Gasteiger partial charge >= 0.3 is 0 Å². The number of halogens is 1. The van der Waals surface area contributed by atoms with E-state index >= 15 is 0 Å². The molecule has 0 radical (unpaired) electrons. The minimum Gasteiger partial charge on any atom is -0.496 e. The second kappa shape index (κ2) is 4.17. The van der Waals surface area contributed by atoms with E-state index in [1.165, 1.54) is 0 Å². The fraction of sp³-hybridized carbons (Fsp3) is 0.182. The van der Waals surface area contributed by atoms with Crippen molar-refractivity contribution < 1.29 is 9.26 Å². The fourth-order valence-electron chi connectivity index (χ4n) is 1.58. The standard InChI is InChI=1S/C11H11BrN2O2/c1-6-3-4-8(15-2)10(12)9(6)7-5-14-16-11(7)13/h3-5H,13H2,1-2H3. The average molecular weight is 283 g/mol. The zero-order valence-corrected chi connectivity index (χ0v) is 10.5. The molecule has 1 aromatic carbocycles. The predicted octanol–water partition coefficient (Wildman–Crippen LogP) is 3.00. The van der Waals surface area contributed by atoms with Gasteiger partial charge < -0.3 is 15.0 Å². The molecule has 5 heteroatoms. The highest BCUT2D eigenvalue weighted by Gasteiger charge is 2.16. The summed E-state index contributed by atoms with van der Waals surface area (Å²) in [5.41, 5.74) is 8.49. The van der Waals surface area contributed by atoms with Crippen LogP contribution in [0.3, 0.4) is 0 Å². The topological polar surface area (TPSA) is 61.3 Å². The number of hydrogen-bond donors (Lipinski definition) is 1. The molecule has 1 aromatic heterocycles. The maximum absolute atomic E-state index is 5.71. The van der Waals surface area contributed by atoms with Crippen LogP contribution in [-0.4, -0.2) is 12.3 Å². The van der Waals surface area contributed by atoms with Crippen LogP contribution in [0.1, 0.15) is 5.56 Å². The summed E-state index contributed by atoms with van der Waals surface area (Å²) in [6.45, 7) is 1.99. The Morgan fingerprint density at radius 2 is 2.19 bits per heavy atom. The molecular weight excluding hydrogens is 272 g/mol. The molecule has 0 unspecified atom stereocenters. The fourth-order valence-corrected chi connectivity index (χ4v) is 2.40. The van der Waals surface area contributed by atoms with Gasteiger partial charge in [0.05, 0.1) is 23.3 Å². The molecule has 0 spiro atoms. The molecule has 0 aliphatic rings. The van der Waals surface area contributed by atoms with Crippen molar-refractivity contribution in [1.29, 1.82) is 0 Å². The van der Waals surface area contributed by atoms with Crippen LogP contribution < -0.4 is 10.5 Å². The van der Waals surface area contributed by atoms with E-state index in [4.69, 9.17) is 15.0 Å². The molecule has 0 bridgehead atoms. The third kappa shape index (κ3) is 1.67. The monoisotopic (exact) mass is 282 g/mol. The largest absolute Gasteiger partial charge is 0.496 e. The van der Waals surface area contributed by atoms with Crippen molar-refractivity contribution in [2.45, 2.75) is 6.92 Å². The summed E-state index contributed by atoms with van der Waals surface area (Å²) >= 11 is 3.50. The summed E-state index contributed by atoms with van der Waals surface area (Å²) < 4.78 is 11.0. The van der Waals surface area contributed by atoms with Crippen molar-refractivity contribution in [2.24, 2.45) is 0 Å². The molecule has 0 saturated heterocycles. The quantitative estimate of drug-likeness (QED) is 0.920. The molecule has 84 valence electrons. The van der Waals surface area contributed by atoms with Gasteiger partial charge in [-0.25, -0.2) is 0 Å². The average Bonchev–Trinajstić information content (AvgIpc) is 2.66. The van der Waals surface area contributed by atoms with Crippen LogP contribution in [0.4, 0.5) is 5.88 Å². The van der Waals surface area contributed by atoms with Crippen LogP contribution in [-0.2, 0) is 0 Å². The summed E-state index contributed by atoms with van der Waals surface area (Å²) in [6, 6.07) is 3.86. The first-order valence-electron chi connectivity index (χ1n) is 4.68. The van der Waals surface area contributed by atoms with Crippen LogP contribution in [0.25, 0.3) is 11.1 Å². The predicted molar refractivity (Wildman–Crippen MR) is 65.3 cm³/mol. The van der Waals surface area contributed by atoms with E-state index in [9.17, 15) is 0 Å². The van der Waals surface area contributed by atoms with Gasteiger partial charge in [-0.1, -0.05) is 11.2 Å². The molecule has 16 heavy (non-hydrogen) atoms. The second-order valence-electron chi connectivity index (χ2n) is 3.38. The van der Waals surface area contributed by atoms with E-state index < -0.39 is 0 Å². The van der Waals surface area contributed by atoms with E-state index in [0.717, 1.165) is 26.9 Å². The lowest BCUT2D eigenvalue weighted by molar-refractivity contribution is 0.412. The number of benzene rings is 1. The number of hydrogen-bond acceptors (Lipinski definition) is 4. The summed E-state index contributed by atoms with van der Waals surface area (Å²) in [7, 11) is 1.62. The minimum absolute atomic E-state index is 0.303. The summed E-state index contributed by atoms with van der Waals surface area (Å²) in [5.74, 6) is 1.05. The summed E-state index contributed by atoms with van der Waals surface area (Å²) in [6.07, 6.45) is 1.60. The SMILES string of the molecule is COc1ccc(C)c(-c2cnoc2N)c1Br. The summed E-state index contributed by atoms with van der Waals surface area (Å²) in [4.78, 5) is 0. The maximum Gasteiger partial charge on any atom is 0.230 e. The number of methoxy groups -OCH3 is 1. The van der Waals surface area contributed by atoms with Gasteiger partial charge in [-0.15, -0.1) is 0 Å². The Balaban J connectivity index is 2.69. The van der Waals surface area contributed by atoms with Gasteiger partial charge in [-0.05, 0) is 34.5 Å². The number of nitrogens with two attached hydrogens (primary N) is 1. The van der Waals surface area contributed by atoms with Crippen LogP contribution in [0.15, 0.2) is 27.3 Å². The van der Waals surface area contributed by atoms with Crippen LogP contribution in [0, 0.1) is 6.92 Å². The van der Waals surface area contributed by atoms with Gasteiger partial charge in [0.15, 0.2) is 0 Å². The minimum atomic E-state index is 0.303. The van der Waals surface area contributed by atoms with E-state index in [1.54, 1.807) is 13.3 Å². The maximum atomic E-state index is 5.71. The van der Waals surface area contributed by atoms with Gasteiger partial charge in [-0.2, -0.15) is 0 Å². The molecule has 0 fully saturated rings. The molecule has 0 atom stereocenters. The lowest BCUT2D eigenvalue weighted by Gasteiger charge is -2.10. The van der Waals surface area contributed by atoms with E-state index in [0.29, 0.717) is 5.88 Å². The number of rotatable bonds is 2. The van der Waals surface area contributed by atoms with Crippen LogP contribution in [0.2, 0.25) is 0 Å². The normalized spacial score (nSPS) is 10.4. The zero-order valence-electron chi connectivity index (χ0n) is 8.95. The van der Waals surface area contributed by atoms with Gasteiger partial charge in [0, 0.05) is 5.56 Å². The highest BCUT2D eigenvalue weighted by atomic mass is 79.9. The van der Waals surface area contributed by atoms with Gasteiger partial charge in [0.25, 0.3) is 0 Å². The Hall–Kier alpha value is -1.49. The van der Waals surface area contributed by atoms with E-state index in [-0.39, 0.29) is 0 Å². The first-order valence-corrected chi connectivity index (χ1v) is 5.48. The van der Waals surface area contributed by atoms with Gasteiger partial charge in [0.2, 0.25) is 5.88 Å². The van der Waals surface area contributed by atoms with Crippen molar-refractivity contribution >= 4 is 21.8 Å². The third-order valence-corrected chi connectivity index (χ3v) is 3.19. The zero-order chi connectivity index (χ0) is 11.7. The number of aromatic nitrogens is 1. The van der Waals surface area contributed by atoms with Crippen molar-refractivity contribution in [3.8, 4) is 16.9 Å². The summed E-state index contributed by atoms with van der Waals surface area (Å²) in [5, 5.41) is 3.67. The molecule has 2 aromatic rings. The van der Waals surface area contributed by atoms with Crippen LogP contribution in [0.5, 0.6) is 5.75 Å². The number of anilines is 1. The third-order valence-electron chi connectivity index (χ3n) is 2.40. The second-order valence-corrected chi connectivity index (χ2v) is 4.17. The molecule has 4 nitrogen and oxygen atoms in total. The lowest BCUT2D eigenvalue weighted by atomic mass is 10.0. The van der Waals surface area contributed by atoms with E-state index in [2.05, 4.69) is 21.1 Å². The molecule has 0 amide bonds. The first-order chi connectivity index (χ1) is 7.65. The molecule has 2 rings (SSSR count). The van der Waals surface area contributed by atoms with Gasteiger partial charge in [-0.3, -0.25) is 0 Å². The lowest BCUT2D eigenvalue weighted by Crippen LogP contribution is -1.92. The molecular formula is C11H11BrN2O2. The molecule has 0 aliphatic heterocycles. The molecule has 1 heterocycles. The Morgan fingerprint density at radius 1 is 1.44 bits per heavy atom. The highest BCUT2D eigenvalue weighted by molar-refractivity contribution is 9.10. The number of aryl methyl sites for hydroxylation is 1. The van der Waals surface area contributed by atoms with Gasteiger partial charge in [0.1, 0.15) is 5.75 Å². The smallest absolute Gasteiger partial charge is 0.230 e. The number of nitrogen functional groups attached to an aromatic ring is 1. The van der Waals surface area contributed by atoms with Crippen molar-refractivity contribution in [1.82, 2.24) is 5.16 Å². The Kier molecular flexibility index (Phi) is 2.87. The Bertz CT molecular complexity index is 523. The molecule has 2 N–H and O–H groups in total. The molecule has 0 aliphatic carbocycles.